The molecule has 18 heavy (non-hydrogen) atoms. The molecule has 1 aromatic carbocycles. The fourth-order valence-electron chi connectivity index (χ4n) is 1.64. The topological polar surface area (TPSA) is 66.0 Å². The normalized spacial score (nSPS) is 10.8. The van der Waals surface area contributed by atoms with Crippen molar-refractivity contribution in [1.29, 1.82) is 0 Å². The molecule has 1 aromatic heterocycles. The zero-order chi connectivity index (χ0) is 13.1. The molecule has 0 saturated carbocycles. The van der Waals surface area contributed by atoms with E-state index in [9.17, 15) is 4.79 Å². The highest BCUT2D eigenvalue weighted by molar-refractivity contribution is 7.99. The van der Waals surface area contributed by atoms with E-state index in [1.54, 1.807) is 11.8 Å². The van der Waals surface area contributed by atoms with E-state index in [-0.39, 0.29) is 5.56 Å². The molecule has 0 unspecified atom stereocenters. The van der Waals surface area contributed by atoms with Gasteiger partial charge in [-0.15, -0.1) is 11.8 Å². The SMILES string of the molecule is CC(C)Sc1ccc(-c2[nH]ncc2C(=O)O)cc1. The number of carbonyl (C=O) groups is 1. The summed E-state index contributed by atoms with van der Waals surface area (Å²) in [5.74, 6) is -0.973. The Bertz CT molecular complexity index is 546. The zero-order valence-corrected chi connectivity index (χ0v) is 11.0. The maximum atomic E-state index is 11.0. The van der Waals surface area contributed by atoms with Gasteiger partial charge in [0.2, 0.25) is 0 Å². The third-order valence-electron chi connectivity index (χ3n) is 2.38. The van der Waals surface area contributed by atoms with Crippen LogP contribution in [-0.2, 0) is 0 Å². The number of rotatable bonds is 4. The van der Waals surface area contributed by atoms with Crippen LogP contribution in [0.4, 0.5) is 0 Å². The van der Waals surface area contributed by atoms with Crippen LogP contribution in [0.3, 0.4) is 0 Å². The van der Waals surface area contributed by atoms with E-state index in [1.165, 1.54) is 11.1 Å². The third kappa shape index (κ3) is 2.73. The predicted molar refractivity (Wildman–Crippen MR) is 72.0 cm³/mol. The molecule has 4 nitrogen and oxygen atoms in total. The molecule has 0 fully saturated rings. The molecule has 0 aliphatic heterocycles. The van der Waals surface area contributed by atoms with E-state index in [4.69, 9.17) is 5.11 Å². The van der Waals surface area contributed by atoms with Gasteiger partial charge >= 0.3 is 5.97 Å². The van der Waals surface area contributed by atoms with Crippen molar-refractivity contribution < 1.29 is 9.90 Å². The number of thioether (sulfide) groups is 1. The van der Waals surface area contributed by atoms with Crippen LogP contribution >= 0.6 is 11.8 Å². The number of nitrogens with one attached hydrogen (secondary N) is 1. The van der Waals surface area contributed by atoms with Crippen LogP contribution in [0.2, 0.25) is 0 Å². The number of aromatic nitrogens is 2. The van der Waals surface area contributed by atoms with Crippen LogP contribution in [0.1, 0.15) is 24.2 Å². The second kappa shape index (κ2) is 5.27. The molecule has 0 spiro atoms. The molecule has 0 bridgehead atoms. The number of benzene rings is 1. The first-order valence-corrected chi connectivity index (χ1v) is 6.49. The minimum Gasteiger partial charge on any atom is -0.478 e. The summed E-state index contributed by atoms with van der Waals surface area (Å²) in [5, 5.41) is 16.1. The highest BCUT2D eigenvalue weighted by Gasteiger charge is 2.13. The molecule has 0 radical (unpaired) electrons. The van der Waals surface area contributed by atoms with Crippen molar-refractivity contribution in [2.75, 3.05) is 0 Å². The Morgan fingerprint density at radius 3 is 2.56 bits per heavy atom. The van der Waals surface area contributed by atoms with E-state index < -0.39 is 5.97 Å². The predicted octanol–water partition coefficient (Wildman–Crippen LogP) is 3.28. The Hall–Kier alpha value is -1.75. The van der Waals surface area contributed by atoms with Crippen molar-refractivity contribution in [2.45, 2.75) is 24.0 Å². The minimum absolute atomic E-state index is 0.194. The third-order valence-corrected chi connectivity index (χ3v) is 3.40. The number of aromatic carboxylic acids is 1. The maximum Gasteiger partial charge on any atom is 0.339 e. The molecular weight excluding hydrogens is 248 g/mol. The average molecular weight is 262 g/mol. The van der Waals surface area contributed by atoms with E-state index in [1.807, 2.05) is 24.3 Å². The summed E-state index contributed by atoms with van der Waals surface area (Å²) < 4.78 is 0. The molecule has 1 heterocycles. The molecule has 2 aromatic rings. The van der Waals surface area contributed by atoms with Gasteiger partial charge in [0.25, 0.3) is 0 Å². The van der Waals surface area contributed by atoms with Gasteiger partial charge < -0.3 is 5.11 Å². The lowest BCUT2D eigenvalue weighted by Crippen LogP contribution is -1.96. The van der Waals surface area contributed by atoms with Crippen molar-refractivity contribution in [3.05, 3.63) is 36.0 Å². The van der Waals surface area contributed by atoms with E-state index in [2.05, 4.69) is 24.0 Å². The van der Waals surface area contributed by atoms with Gasteiger partial charge in [0.15, 0.2) is 0 Å². The number of nitrogens with zero attached hydrogens (tertiary/aromatic N) is 1. The van der Waals surface area contributed by atoms with Crippen LogP contribution in [-0.4, -0.2) is 26.5 Å². The molecule has 2 rings (SSSR count). The number of aromatic amines is 1. The summed E-state index contributed by atoms with van der Waals surface area (Å²) in [6.45, 7) is 4.27. The van der Waals surface area contributed by atoms with Gasteiger partial charge in [0.1, 0.15) is 5.56 Å². The fraction of sp³-hybridized carbons (Fsp3) is 0.231. The van der Waals surface area contributed by atoms with Crippen molar-refractivity contribution in [2.24, 2.45) is 0 Å². The Morgan fingerprint density at radius 1 is 1.33 bits per heavy atom. The van der Waals surface area contributed by atoms with Crippen molar-refractivity contribution in [3.8, 4) is 11.3 Å². The zero-order valence-electron chi connectivity index (χ0n) is 10.2. The lowest BCUT2D eigenvalue weighted by atomic mass is 10.1. The quantitative estimate of drug-likeness (QED) is 0.830. The molecule has 0 aliphatic rings. The van der Waals surface area contributed by atoms with Gasteiger partial charge in [-0.1, -0.05) is 26.0 Å². The van der Waals surface area contributed by atoms with Gasteiger partial charge in [0.05, 0.1) is 11.9 Å². The lowest BCUT2D eigenvalue weighted by molar-refractivity contribution is 0.0698. The van der Waals surface area contributed by atoms with E-state index in [0.717, 1.165) is 5.56 Å². The molecule has 0 saturated heterocycles. The van der Waals surface area contributed by atoms with Gasteiger partial charge in [-0.05, 0) is 12.1 Å². The molecule has 0 atom stereocenters. The van der Waals surface area contributed by atoms with Crippen LogP contribution in [0.15, 0.2) is 35.4 Å². The maximum absolute atomic E-state index is 11.0. The number of carboxylic acids is 1. The standard InChI is InChI=1S/C13H14N2O2S/c1-8(2)18-10-5-3-9(4-6-10)12-11(13(16)17)7-14-15-12/h3-8H,1-2H3,(H,14,15)(H,16,17). The van der Waals surface area contributed by atoms with Crippen LogP contribution < -0.4 is 0 Å². The second-order valence-electron chi connectivity index (χ2n) is 4.15. The average Bonchev–Trinajstić information content (AvgIpc) is 2.78. The Kier molecular flexibility index (Phi) is 3.72. The summed E-state index contributed by atoms with van der Waals surface area (Å²) in [5.41, 5.74) is 1.57. The summed E-state index contributed by atoms with van der Waals surface area (Å²) >= 11 is 1.77. The number of H-pyrrole nitrogens is 1. The Labute approximate surface area is 109 Å². The van der Waals surface area contributed by atoms with Crippen LogP contribution in [0.5, 0.6) is 0 Å². The Balaban J connectivity index is 2.29. The largest absolute Gasteiger partial charge is 0.478 e. The number of carboxylic acid groups (broad SMARTS) is 1. The Morgan fingerprint density at radius 2 is 2.00 bits per heavy atom. The first-order chi connectivity index (χ1) is 8.58. The summed E-state index contributed by atoms with van der Waals surface area (Å²) in [6, 6.07) is 7.80. The lowest BCUT2D eigenvalue weighted by Gasteiger charge is -2.05. The second-order valence-corrected chi connectivity index (χ2v) is 5.80. The van der Waals surface area contributed by atoms with Crippen molar-refractivity contribution in [3.63, 3.8) is 0 Å². The summed E-state index contributed by atoms with van der Waals surface area (Å²) in [6.07, 6.45) is 1.33. The first kappa shape index (κ1) is 12.7. The van der Waals surface area contributed by atoms with Gasteiger partial charge in [-0.25, -0.2) is 4.79 Å². The number of hydrogen-bond donors (Lipinski definition) is 2. The first-order valence-electron chi connectivity index (χ1n) is 5.61. The van der Waals surface area contributed by atoms with E-state index >= 15 is 0 Å². The van der Waals surface area contributed by atoms with E-state index in [0.29, 0.717) is 10.9 Å². The summed E-state index contributed by atoms with van der Waals surface area (Å²) in [7, 11) is 0. The van der Waals surface area contributed by atoms with Crippen LogP contribution in [0.25, 0.3) is 11.3 Å². The molecular formula is C13H14N2O2S. The van der Waals surface area contributed by atoms with Gasteiger partial charge in [-0.3, -0.25) is 5.10 Å². The van der Waals surface area contributed by atoms with Gasteiger partial charge in [0, 0.05) is 15.7 Å². The van der Waals surface area contributed by atoms with Crippen LogP contribution in [0, 0.1) is 0 Å². The van der Waals surface area contributed by atoms with Crippen molar-refractivity contribution in [1.82, 2.24) is 10.2 Å². The molecule has 0 amide bonds. The monoisotopic (exact) mass is 262 g/mol. The molecule has 94 valence electrons. The fourth-order valence-corrected chi connectivity index (χ4v) is 2.48. The number of hydrogen-bond acceptors (Lipinski definition) is 3. The molecule has 0 aliphatic carbocycles. The highest BCUT2D eigenvalue weighted by atomic mass is 32.2. The smallest absolute Gasteiger partial charge is 0.339 e. The van der Waals surface area contributed by atoms with Gasteiger partial charge in [-0.2, -0.15) is 5.10 Å². The molecule has 2 N–H and O–H groups in total. The highest BCUT2D eigenvalue weighted by Crippen LogP contribution is 2.27. The molecule has 5 heteroatoms. The minimum atomic E-state index is -0.973. The summed E-state index contributed by atoms with van der Waals surface area (Å²) in [4.78, 5) is 12.2. The van der Waals surface area contributed by atoms with Crippen molar-refractivity contribution >= 4 is 17.7 Å².